The molecule has 164 valence electrons. The first kappa shape index (κ1) is 21.1. The summed E-state index contributed by atoms with van der Waals surface area (Å²) in [5, 5.41) is 46.0. The molecule has 0 aromatic heterocycles. The zero-order chi connectivity index (χ0) is 23.0. The van der Waals surface area contributed by atoms with E-state index in [1.807, 2.05) is 6.92 Å². The maximum Gasteiger partial charge on any atom is 0.258 e. The minimum absolute atomic E-state index is 0.110. The van der Waals surface area contributed by atoms with Crippen LogP contribution in [0.15, 0.2) is 35.1 Å². The number of aliphatic hydroxyl groups is 3. The fourth-order valence-electron chi connectivity index (χ4n) is 5.99. The van der Waals surface area contributed by atoms with Crippen LogP contribution in [-0.2, 0) is 14.4 Å². The molecule has 3 aliphatic rings. The predicted octanol–water partition coefficient (Wildman–Crippen LogP) is 1.74. The van der Waals surface area contributed by atoms with Crippen molar-refractivity contribution in [1.29, 1.82) is 0 Å². The Bertz CT molecular complexity index is 1100. The summed E-state index contributed by atoms with van der Waals surface area (Å²) in [5.41, 5.74) is -2.55. The minimum Gasteiger partial charge on any atom is -0.508 e. The van der Waals surface area contributed by atoms with E-state index in [1.54, 1.807) is 19.1 Å². The average molecular weight is 427 g/mol. The number of nitrogens with one attached hydrogen (secondary N) is 1. The fourth-order valence-corrected chi connectivity index (χ4v) is 5.99. The zero-order valence-electron chi connectivity index (χ0n) is 17.6. The number of rotatable bonds is 1. The van der Waals surface area contributed by atoms with Crippen LogP contribution in [0.4, 0.5) is 0 Å². The number of carbonyl (C=O) groups is 3. The molecule has 0 spiro atoms. The van der Waals surface area contributed by atoms with Crippen molar-refractivity contribution in [1.82, 2.24) is 5.32 Å². The Morgan fingerprint density at radius 2 is 1.71 bits per heavy atom. The SMILES string of the molecule is CNC(=O)C1=C(O)[C@@]2(O)C(=O)C3=C(O)c4c(O)cccc4[C@H](C)C3[C@H](C)C2[C@H](C)C1=O. The molecule has 0 bridgehead atoms. The third-order valence-corrected chi connectivity index (χ3v) is 7.39. The topological polar surface area (TPSA) is 144 Å². The van der Waals surface area contributed by atoms with Crippen LogP contribution in [0.5, 0.6) is 5.75 Å². The number of phenolic OH excluding ortho intramolecular Hbond substituents is 1. The van der Waals surface area contributed by atoms with E-state index < -0.39 is 63.8 Å². The van der Waals surface area contributed by atoms with Crippen molar-refractivity contribution < 1.29 is 34.8 Å². The number of amides is 1. The van der Waals surface area contributed by atoms with Gasteiger partial charge in [0, 0.05) is 30.4 Å². The maximum atomic E-state index is 13.7. The van der Waals surface area contributed by atoms with E-state index >= 15 is 0 Å². The van der Waals surface area contributed by atoms with Gasteiger partial charge in [0.1, 0.15) is 22.8 Å². The smallest absolute Gasteiger partial charge is 0.258 e. The van der Waals surface area contributed by atoms with Gasteiger partial charge in [0.25, 0.3) is 5.91 Å². The van der Waals surface area contributed by atoms with Gasteiger partial charge < -0.3 is 25.7 Å². The molecule has 1 amide bonds. The molecule has 0 radical (unpaired) electrons. The lowest BCUT2D eigenvalue weighted by atomic mass is 9.50. The Balaban J connectivity index is 2.03. The average Bonchev–Trinajstić information content (AvgIpc) is 2.73. The van der Waals surface area contributed by atoms with Gasteiger partial charge in [-0.1, -0.05) is 32.9 Å². The van der Waals surface area contributed by atoms with E-state index in [-0.39, 0.29) is 22.8 Å². The number of ketones is 2. The van der Waals surface area contributed by atoms with E-state index in [0.29, 0.717) is 5.56 Å². The van der Waals surface area contributed by atoms with E-state index in [0.717, 1.165) is 0 Å². The second kappa shape index (κ2) is 6.68. The Kier molecular flexibility index (Phi) is 4.55. The van der Waals surface area contributed by atoms with E-state index in [9.17, 15) is 34.8 Å². The number of likely N-dealkylation sites (N-methyl/N-ethyl adjacent to an activating group) is 1. The van der Waals surface area contributed by atoms with Gasteiger partial charge in [-0.05, 0) is 23.5 Å². The molecule has 0 heterocycles. The third-order valence-electron chi connectivity index (χ3n) is 7.39. The van der Waals surface area contributed by atoms with Crippen molar-refractivity contribution in [2.24, 2.45) is 23.7 Å². The monoisotopic (exact) mass is 427 g/mol. The van der Waals surface area contributed by atoms with Gasteiger partial charge in [0.2, 0.25) is 5.78 Å². The largest absolute Gasteiger partial charge is 0.508 e. The van der Waals surface area contributed by atoms with Crippen molar-refractivity contribution in [3.63, 3.8) is 0 Å². The molecule has 5 N–H and O–H groups in total. The highest BCUT2D eigenvalue weighted by Crippen LogP contribution is 2.58. The maximum absolute atomic E-state index is 13.7. The first-order chi connectivity index (χ1) is 14.5. The molecule has 8 heteroatoms. The first-order valence-corrected chi connectivity index (χ1v) is 10.2. The summed E-state index contributed by atoms with van der Waals surface area (Å²) < 4.78 is 0. The number of hydrogen-bond donors (Lipinski definition) is 5. The van der Waals surface area contributed by atoms with Gasteiger partial charge in [-0.3, -0.25) is 14.4 Å². The highest BCUT2D eigenvalue weighted by atomic mass is 16.3. The number of carbonyl (C=O) groups excluding carboxylic acids is 3. The van der Waals surface area contributed by atoms with Crippen LogP contribution in [0, 0.1) is 23.7 Å². The standard InChI is InChI=1S/C23H25NO7/c1-8-11-6-5-7-12(25)14(11)19(27)15-13(8)9(2)17-10(3)18(26)16(22(30)24-4)21(29)23(17,31)20(15)28/h5-10,13,17,25,27,29,31H,1-4H3,(H,24,30)/t8-,9-,10-,13?,17?,23-/m0/s1. The van der Waals surface area contributed by atoms with Crippen LogP contribution in [0.2, 0.25) is 0 Å². The van der Waals surface area contributed by atoms with Crippen LogP contribution in [0.1, 0.15) is 37.8 Å². The number of aromatic hydroxyl groups is 1. The quantitative estimate of drug-likeness (QED) is 0.429. The molecular formula is C23H25NO7. The molecule has 3 aliphatic carbocycles. The second-order valence-corrected chi connectivity index (χ2v) is 8.75. The molecule has 0 aliphatic heterocycles. The minimum atomic E-state index is -2.55. The third kappa shape index (κ3) is 2.42. The highest BCUT2D eigenvalue weighted by Gasteiger charge is 2.66. The lowest BCUT2D eigenvalue weighted by Crippen LogP contribution is -2.64. The first-order valence-electron chi connectivity index (χ1n) is 10.2. The van der Waals surface area contributed by atoms with Gasteiger partial charge >= 0.3 is 0 Å². The van der Waals surface area contributed by atoms with E-state index in [2.05, 4.69) is 5.32 Å². The lowest BCUT2D eigenvalue weighted by molar-refractivity contribution is -0.158. The molecule has 1 saturated carbocycles. The lowest BCUT2D eigenvalue weighted by Gasteiger charge is -2.53. The number of hydrogen-bond acceptors (Lipinski definition) is 7. The van der Waals surface area contributed by atoms with Crippen LogP contribution < -0.4 is 5.32 Å². The Hall–Kier alpha value is -3.13. The predicted molar refractivity (Wildman–Crippen MR) is 110 cm³/mol. The summed E-state index contributed by atoms with van der Waals surface area (Å²) in [4.78, 5) is 38.9. The van der Waals surface area contributed by atoms with Gasteiger partial charge in [-0.15, -0.1) is 0 Å². The summed E-state index contributed by atoms with van der Waals surface area (Å²) in [6.07, 6.45) is 0. The number of Topliss-reactive ketones (excluding diaryl/α,β-unsaturated/α-hetero) is 2. The van der Waals surface area contributed by atoms with Crippen LogP contribution in [0.3, 0.4) is 0 Å². The fraction of sp³-hybridized carbons (Fsp3) is 0.435. The molecule has 8 nitrogen and oxygen atoms in total. The Morgan fingerprint density at radius 3 is 2.32 bits per heavy atom. The van der Waals surface area contributed by atoms with Crippen molar-refractivity contribution in [3.05, 3.63) is 46.2 Å². The molecule has 31 heavy (non-hydrogen) atoms. The van der Waals surface area contributed by atoms with E-state index in [1.165, 1.54) is 20.0 Å². The van der Waals surface area contributed by atoms with Gasteiger partial charge in [0.05, 0.1) is 5.56 Å². The molecule has 1 aromatic rings. The molecule has 0 saturated heterocycles. The van der Waals surface area contributed by atoms with Crippen LogP contribution in [-0.4, -0.2) is 50.5 Å². The van der Waals surface area contributed by atoms with Crippen LogP contribution >= 0.6 is 0 Å². The van der Waals surface area contributed by atoms with Gasteiger partial charge in [-0.25, -0.2) is 0 Å². The Morgan fingerprint density at radius 1 is 1.06 bits per heavy atom. The van der Waals surface area contributed by atoms with Gasteiger partial charge in [-0.2, -0.15) is 0 Å². The summed E-state index contributed by atoms with van der Waals surface area (Å²) in [5.74, 6) is -7.48. The number of benzene rings is 1. The summed E-state index contributed by atoms with van der Waals surface area (Å²) in [6, 6.07) is 4.78. The normalized spacial score (nSPS) is 34.8. The van der Waals surface area contributed by atoms with Gasteiger partial charge in [0.15, 0.2) is 11.4 Å². The molecule has 1 aromatic carbocycles. The molecule has 1 fully saturated rings. The highest BCUT2D eigenvalue weighted by molar-refractivity contribution is 6.23. The van der Waals surface area contributed by atoms with Crippen LogP contribution in [0.25, 0.3) is 5.76 Å². The summed E-state index contributed by atoms with van der Waals surface area (Å²) in [7, 11) is 1.27. The van der Waals surface area contributed by atoms with Crippen molar-refractivity contribution in [2.75, 3.05) is 7.05 Å². The Labute approximate surface area is 178 Å². The molecule has 2 unspecified atom stereocenters. The summed E-state index contributed by atoms with van der Waals surface area (Å²) >= 11 is 0. The number of phenols is 1. The second-order valence-electron chi connectivity index (χ2n) is 8.75. The molecule has 6 atom stereocenters. The van der Waals surface area contributed by atoms with Crippen molar-refractivity contribution in [3.8, 4) is 5.75 Å². The summed E-state index contributed by atoms with van der Waals surface area (Å²) in [6.45, 7) is 5.13. The molecular weight excluding hydrogens is 402 g/mol. The molecule has 4 rings (SSSR count). The number of fused-ring (bicyclic) bond motifs is 3. The zero-order valence-corrected chi connectivity index (χ0v) is 17.6. The van der Waals surface area contributed by atoms with Crippen molar-refractivity contribution in [2.45, 2.75) is 32.3 Å². The van der Waals surface area contributed by atoms with E-state index in [4.69, 9.17) is 0 Å². The van der Waals surface area contributed by atoms with Crippen molar-refractivity contribution >= 4 is 23.2 Å². The number of aliphatic hydroxyl groups excluding tert-OH is 2.